The van der Waals surface area contributed by atoms with Gasteiger partial charge in [-0.25, -0.2) is 0 Å². The molecule has 0 N–H and O–H groups in total. The molecule has 0 saturated carbocycles. The second-order valence-corrected chi connectivity index (χ2v) is 5.75. The smallest absolute Gasteiger partial charge is 0.190 e. The minimum Gasteiger partial charge on any atom is -0.308 e. The van der Waals surface area contributed by atoms with Crippen molar-refractivity contribution in [2.75, 3.05) is 0 Å². The molecular weight excluding hydrogens is 266 g/mol. The maximum Gasteiger partial charge on any atom is 0.190 e. The molecule has 96 valence electrons. The Morgan fingerprint density at radius 3 is 2.65 bits per heavy atom. The molecular formula is C17H11NOS. The summed E-state index contributed by atoms with van der Waals surface area (Å²) >= 11 is 1.64. The van der Waals surface area contributed by atoms with Gasteiger partial charge in [-0.1, -0.05) is 30.3 Å². The van der Waals surface area contributed by atoms with Gasteiger partial charge in [0.25, 0.3) is 0 Å². The highest BCUT2D eigenvalue weighted by atomic mass is 32.1. The number of benzene rings is 2. The summed E-state index contributed by atoms with van der Waals surface area (Å²) in [4.78, 5) is 12.2. The molecule has 0 spiro atoms. The van der Waals surface area contributed by atoms with Crippen molar-refractivity contribution >= 4 is 32.3 Å². The SMILES string of the molecule is O=c1cc(-n2ccc3ccccc32)sc2ccccc12. The second kappa shape index (κ2) is 4.32. The van der Waals surface area contributed by atoms with E-state index in [1.165, 1.54) is 5.39 Å². The molecule has 0 fully saturated rings. The van der Waals surface area contributed by atoms with E-state index in [-0.39, 0.29) is 5.43 Å². The zero-order valence-corrected chi connectivity index (χ0v) is 11.4. The fourth-order valence-corrected chi connectivity index (χ4v) is 3.56. The van der Waals surface area contributed by atoms with Crippen LogP contribution in [0.2, 0.25) is 0 Å². The summed E-state index contributed by atoms with van der Waals surface area (Å²) < 4.78 is 3.10. The molecule has 4 aromatic rings. The van der Waals surface area contributed by atoms with Gasteiger partial charge in [0.05, 0.1) is 5.52 Å². The van der Waals surface area contributed by atoms with E-state index < -0.39 is 0 Å². The zero-order valence-electron chi connectivity index (χ0n) is 10.6. The van der Waals surface area contributed by atoms with Gasteiger partial charge in [-0.3, -0.25) is 4.79 Å². The monoisotopic (exact) mass is 277 g/mol. The van der Waals surface area contributed by atoms with E-state index >= 15 is 0 Å². The molecule has 3 heteroatoms. The van der Waals surface area contributed by atoms with Crippen LogP contribution in [0.5, 0.6) is 0 Å². The summed E-state index contributed by atoms with van der Waals surface area (Å²) in [6.45, 7) is 0. The first-order valence-electron chi connectivity index (χ1n) is 6.42. The number of nitrogens with zero attached hydrogens (tertiary/aromatic N) is 1. The summed E-state index contributed by atoms with van der Waals surface area (Å²) in [5.41, 5.74) is 1.20. The van der Waals surface area contributed by atoms with Crippen LogP contribution in [0.15, 0.2) is 71.7 Å². The van der Waals surface area contributed by atoms with Crippen LogP contribution in [0.1, 0.15) is 0 Å². The molecule has 2 aromatic carbocycles. The van der Waals surface area contributed by atoms with Crippen LogP contribution in [0.25, 0.3) is 26.0 Å². The van der Waals surface area contributed by atoms with Crippen molar-refractivity contribution in [3.8, 4) is 5.00 Å². The van der Waals surface area contributed by atoms with Crippen LogP contribution in [0.4, 0.5) is 0 Å². The second-order valence-electron chi connectivity index (χ2n) is 4.69. The van der Waals surface area contributed by atoms with E-state index in [9.17, 15) is 4.79 Å². The molecule has 0 radical (unpaired) electrons. The average molecular weight is 277 g/mol. The molecule has 2 nitrogen and oxygen atoms in total. The van der Waals surface area contributed by atoms with Crippen molar-refractivity contribution in [1.29, 1.82) is 0 Å². The Balaban J connectivity index is 2.05. The Morgan fingerprint density at radius 1 is 0.900 bits per heavy atom. The summed E-state index contributed by atoms with van der Waals surface area (Å²) in [5.74, 6) is 0. The van der Waals surface area contributed by atoms with Crippen LogP contribution >= 0.6 is 11.3 Å². The lowest BCUT2D eigenvalue weighted by Crippen LogP contribution is -2.01. The lowest BCUT2D eigenvalue weighted by Gasteiger charge is -2.05. The number of fused-ring (bicyclic) bond motifs is 2. The average Bonchev–Trinajstić information content (AvgIpc) is 2.91. The lowest BCUT2D eigenvalue weighted by molar-refractivity contribution is 1.16. The summed E-state index contributed by atoms with van der Waals surface area (Å²) in [7, 11) is 0. The normalized spacial score (nSPS) is 11.2. The highest BCUT2D eigenvalue weighted by Gasteiger charge is 2.06. The highest BCUT2D eigenvalue weighted by molar-refractivity contribution is 7.20. The molecule has 2 heterocycles. The number of rotatable bonds is 1. The van der Waals surface area contributed by atoms with E-state index in [2.05, 4.69) is 22.8 Å². The number of para-hydroxylation sites is 1. The molecule has 0 aliphatic rings. The fraction of sp³-hybridized carbons (Fsp3) is 0. The Labute approximate surface area is 119 Å². The van der Waals surface area contributed by atoms with Gasteiger partial charge in [0.2, 0.25) is 0 Å². The van der Waals surface area contributed by atoms with Gasteiger partial charge >= 0.3 is 0 Å². The first kappa shape index (κ1) is 11.4. The van der Waals surface area contributed by atoms with Crippen molar-refractivity contribution in [2.24, 2.45) is 0 Å². The van der Waals surface area contributed by atoms with E-state index in [0.29, 0.717) is 0 Å². The minimum atomic E-state index is 0.0760. The summed E-state index contributed by atoms with van der Waals surface area (Å²) in [5, 5.41) is 2.92. The third-order valence-electron chi connectivity index (χ3n) is 3.46. The molecule has 0 saturated heterocycles. The number of hydrogen-bond donors (Lipinski definition) is 0. The van der Waals surface area contributed by atoms with Crippen LogP contribution in [-0.2, 0) is 0 Å². The molecule has 20 heavy (non-hydrogen) atoms. The lowest BCUT2D eigenvalue weighted by atomic mass is 10.2. The van der Waals surface area contributed by atoms with Gasteiger partial charge in [0.1, 0.15) is 5.00 Å². The molecule has 2 aromatic heterocycles. The standard InChI is InChI=1S/C17H11NOS/c19-15-11-17(20-16-8-4-2-6-13(15)16)18-10-9-12-5-1-3-7-14(12)18/h1-11H. The van der Waals surface area contributed by atoms with E-state index in [0.717, 1.165) is 20.6 Å². The summed E-state index contributed by atoms with van der Waals surface area (Å²) in [6, 6.07) is 19.7. The predicted octanol–water partition coefficient (Wildman–Crippen LogP) is 4.21. The summed E-state index contributed by atoms with van der Waals surface area (Å²) in [6.07, 6.45) is 2.02. The van der Waals surface area contributed by atoms with Crippen molar-refractivity contribution in [3.05, 3.63) is 77.1 Å². The molecule has 0 bridgehead atoms. The third kappa shape index (κ3) is 1.67. The minimum absolute atomic E-state index is 0.0760. The molecule has 0 aliphatic carbocycles. The van der Waals surface area contributed by atoms with Gasteiger partial charge in [-0.05, 0) is 29.7 Å². The van der Waals surface area contributed by atoms with E-state index in [1.807, 2.05) is 42.6 Å². The quantitative estimate of drug-likeness (QED) is 0.511. The van der Waals surface area contributed by atoms with Gasteiger partial charge < -0.3 is 4.57 Å². The maximum absolute atomic E-state index is 12.2. The van der Waals surface area contributed by atoms with Gasteiger partial charge in [-0.2, -0.15) is 0 Å². The van der Waals surface area contributed by atoms with Crippen molar-refractivity contribution in [3.63, 3.8) is 0 Å². The third-order valence-corrected chi connectivity index (χ3v) is 4.56. The maximum atomic E-state index is 12.2. The van der Waals surface area contributed by atoms with E-state index in [1.54, 1.807) is 17.4 Å². The first-order chi connectivity index (χ1) is 9.83. The van der Waals surface area contributed by atoms with Crippen LogP contribution in [0, 0.1) is 0 Å². The van der Waals surface area contributed by atoms with Crippen molar-refractivity contribution in [1.82, 2.24) is 4.57 Å². The van der Waals surface area contributed by atoms with Crippen LogP contribution < -0.4 is 5.43 Å². The Bertz CT molecular complexity index is 981. The highest BCUT2D eigenvalue weighted by Crippen LogP contribution is 2.26. The van der Waals surface area contributed by atoms with Crippen LogP contribution in [-0.4, -0.2) is 4.57 Å². The molecule has 0 atom stereocenters. The molecule has 0 amide bonds. The molecule has 4 rings (SSSR count). The van der Waals surface area contributed by atoms with Crippen LogP contribution in [0.3, 0.4) is 0 Å². The van der Waals surface area contributed by atoms with Gasteiger partial charge in [0, 0.05) is 22.3 Å². The first-order valence-corrected chi connectivity index (χ1v) is 7.24. The largest absolute Gasteiger partial charge is 0.308 e. The number of aromatic nitrogens is 1. The molecule has 0 aliphatic heterocycles. The zero-order chi connectivity index (χ0) is 13.5. The van der Waals surface area contributed by atoms with Gasteiger partial charge in [0.15, 0.2) is 5.43 Å². The van der Waals surface area contributed by atoms with Crippen molar-refractivity contribution in [2.45, 2.75) is 0 Å². The Morgan fingerprint density at radius 2 is 1.70 bits per heavy atom. The predicted molar refractivity (Wildman–Crippen MR) is 84.9 cm³/mol. The Kier molecular flexibility index (Phi) is 2.47. The number of hydrogen-bond acceptors (Lipinski definition) is 2. The van der Waals surface area contributed by atoms with E-state index in [4.69, 9.17) is 0 Å². The Hall–Kier alpha value is -2.39. The van der Waals surface area contributed by atoms with Crippen molar-refractivity contribution < 1.29 is 0 Å². The fourth-order valence-electron chi connectivity index (χ4n) is 2.49. The molecule has 0 unspecified atom stereocenters. The topological polar surface area (TPSA) is 22.0 Å². The van der Waals surface area contributed by atoms with Gasteiger partial charge in [-0.15, -0.1) is 11.3 Å².